The van der Waals surface area contributed by atoms with Gasteiger partial charge in [0.15, 0.2) is 0 Å². The van der Waals surface area contributed by atoms with Gasteiger partial charge < -0.3 is 4.98 Å². The molecule has 1 aliphatic heterocycles. The van der Waals surface area contributed by atoms with Crippen LogP contribution in [0.4, 0.5) is 0 Å². The summed E-state index contributed by atoms with van der Waals surface area (Å²) in [4.78, 5) is 17.2. The minimum Gasteiger partial charge on any atom is -0.304 e. The number of hydrogen-bond donors (Lipinski definition) is 1. The number of fused-ring (bicyclic) bond motifs is 1. The average Bonchev–Trinajstić information content (AvgIpc) is 2.31. The molecule has 0 spiro atoms. The molecule has 3 nitrogen and oxygen atoms in total. The summed E-state index contributed by atoms with van der Waals surface area (Å²) in [6.45, 7) is 0. The number of imidazole rings is 1. The predicted octanol–water partition coefficient (Wildman–Crippen LogP) is 1.64. The largest absolute Gasteiger partial charge is 0.346 e. The Bertz CT molecular complexity index is 401. The zero-order chi connectivity index (χ0) is 8.55. The van der Waals surface area contributed by atoms with Crippen molar-refractivity contribution in [1.82, 2.24) is 9.97 Å². The molecular formula is C8H5BrN2O. The molecule has 0 atom stereocenters. The monoisotopic (exact) mass is 224 g/mol. The highest BCUT2D eigenvalue weighted by atomic mass is 79.9. The van der Waals surface area contributed by atoms with Gasteiger partial charge in [0.05, 0.1) is 11.4 Å². The molecule has 0 fully saturated rings. The summed E-state index contributed by atoms with van der Waals surface area (Å²) in [7, 11) is 0. The van der Waals surface area contributed by atoms with E-state index >= 15 is 0 Å². The molecule has 0 radical (unpaired) electrons. The molecule has 0 aromatic heterocycles. The maximum atomic E-state index is 10.8. The lowest BCUT2D eigenvalue weighted by Gasteiger charge is -1.82. The van der Waals surface area contributed by atoms with Crippen molar-refractivity contribution >= 4 is 15.9 Å². The second kappa shape index (κ2) is 2.71. The van der Waals surface area contributed by atoms with E-state index in [2.05, 4.69) is 25.9 Å². The number of nitrogens with zero attached hydrogens (tertiary/aromatic N) is 1. The van der Waals surface area contributed by atoms with Gasteiger partial charge in [-0.2, -0.15) is 4.98 Å². The molecule has 1 heterocycles. The number of aromatic amines is 1. The second-order valence-electron chi connectivity index (χ2n) is 2.39. The lowest BCUT2D eigenvalue weighted by Crippen LogP contribution is -1.98. The van der Waals surface area contributed by atoms with Crippen molar-refractivity contribution in [3.63, 3.8) is 0 Å². The molecule has 1 N–H and O–H groups in total. The van der Waals surface area contributed by atoms with Crippen LogP contribution in [-0.4, -0.2) is 9.97 Å². The maximum Gasteiger partial charge on any atom is 0.346 e. The van der Waals surface area contributed by atoms with Gasteiger partial charge in [0, 0.05) is 4.47 Å². The summed E-state index contributed by atoms with van der Waals surface area (Å²) < 4.78 is 0.960. The normalized spacial score (nSPS) is 10.4. The lowest BCUT2D eigenvalue weighted by atomic mass is 10.3. The van der Waals surface area contributed by atoms with E-state index in [1.165, 1.54) is 0 Å². The average molecular weight is 225 g/mol. The van der Waals surface area contributed by atoms with Gasteiger partial charge in [0.2, 0.25) is 0 Å². The molecule has 0 unspecified atom stereocenters. The fraction of sp³-hybridized carbons (Fsp3) is 0. The van der Waals surface area contributed by atoms with E-state index in [1.54, 1.807) is 6.07 Å². The Morgan fingerprint density at radius 3 is 2.83 bits per heavy atom. The van der Waals surface area contributed by atoms with Gasteiger partial charge >= 0.3 is 5.69 Å². The summed E-state index contributed by atoms with van der Waals surface area (Å²) in [6.07, 6.45) is 0. The first-order valence-electron chi connectivity index (χ1n) is 3.41. The molecule has 1 aliphatic carbocycles. The summed E-state index contributed by atoms with van der Waals surface area (Å²) in [5, 5.41) is 0. The van der Waals surface area contributed by atoms with Gasteiger partial charge in [-0.1, -0.05) is 15.9 Å². The number of halogens is 1. The van der Waals surface area contributed by atoms with Crippen molar-refractivity contribution in [1.29, 1.82) is 0 Å². The molecular weight excluding hydrogens is 220 g/mol. The minimum atomic E-state index is -0.299. The van der Waals surface area contributed by atoms with Crippen molar-refractivity contribution in [3.8, 4) is 11.4 Å². The molecule has 12 heavy (non-hydrogen) atoms. The van der Waals surface area contributed by atoms with Crippen molar-refractivity contribution in [2.24, 2.45) is 0 Å². The van der Waals surface area contributed by atoms with Crippen LogP contribution in [0, 0.1) is 0 Å². The number of rotatable bonds is 0. The molecule has 0 aromatic carbocycles. The van der Waals surface area contributed by atoms with Gasteiger partial charge in [-0.05, 0) is 24.3 Å². The quantitative estimate of drug-likeness (QED) is 0.740. The molecule has 4 heteroatoms. The first-order chi connectivity index (χ1) is 5.75. The number of H-pyrrole nitrogens is 1. The molecule has 0 saturated carbocycles. The third-order valence-corrected chi connectivity index (χ3v) is 2.08. The summed E-state index contributed by atoms with van der Waals surface area (Å²) in [5.41, 5.74) is 1.14. The Morgan fingerprint density at radius 1 is 1.25 bits per heavy atom. The van der Waals surface area contributed by atoms with Gasteiger partial charge in [-0.15, -0.1) is 0 Å². The smallest absolute Gasteiger partial charge is 0.304 e. The molecule has 2 aliphatic rings. The Kier molecular flexibility index (Phi) is 1.69. The molecule has 0 saturated heterocycles. The molecule has 60 valence electrons. The van der Waals surface area contributed by atoms with Crippen molar-refractivity contribution in [2.75, 3.05) is 0 Å². The predicted molar refractivity (Wildman–Crippen MR) is 49.2 cm³/mol. The van der Waals surface area contributed by atoms with Crippen molar-refractivity contribution in [3.05, 3.63) is 39.2 Å². The van der Waals surface area contributed by atoms with E-state index in [4.69, 9.17) is 0 Å². The summed E-state index contributed by atoms with van der Waals surface area (Å²) >= 11 is 3.32. The SMILES string of the molecule is O=c1nc2ccc(Br)ccc-2[nH]1. The van der Waals surface area contributed by atoms with Crippen LogP contribution in [0.5, 0.6) is 0 Å². The highest BCUT2D eigenvalue weighted by molar-refractivity contribution is 9.10. The van der Waals surface area contributed by atoms with E-state index in [1.807, 2.05) is 18.2 Å². The van der Waals surface area contributed by atoms with Crippen LogP contribution in [0.2, 0.25) is 0 Å². The van der Waals surface area contributed by atoms with Crippen LogP contribution in [0.15, 0.2) is 33.5 Å². The van der Waals surface area contributed by atoms with Crippen LogP contribution < -0.4 is 5.69 Å². The fourth-order valence-corrected chi connectivity index (χ4v) is 1.27. The van der Waals surface area contributed by atoms with Gasteiger partial charge in [-0.25, -0.2) is 4.79 Å². The topological polar surface area (TPSA) is 45.8 Å². The zero-order valence-corrected chi connectivity index (χ0v) is 7.63. The zero-order valence-electron chi connectivity index (χ0n) is 6.04. The number of hydrogen-bond acceptors (Lipinski definition) is 2. The van der Waals surface area contributed by atoms with Crippen molar-refractivity contribution in [2.45, 2.75) is 0 Å². The van der Waals surface area contributed by atoms with Gasteiger partial charge in [0.25, 0.3) is 0 Å². The number of aromatic nitrogens is 2. The fourth-order valence-electron chi connectivity index (χ4n) is 1.01. The van der Waals surface area contributed by atoms with E-state index in [9.17, 15) is 4.79 Å². The maximum absolute atomic E-state index is 10.8. The third-order valence-electron chi connectivity index (χ3n) is 1.55. The van der Waals surface area contributed by atoms with Crippen LogP contribution in [-0.2, 0) is 0 Å². The van der Waals surface area contributed by atoms with E-state index in [-0.39, 0.29) is 5.69 Å². The second-order valence-corrected chi connectivity index (χ2v) is 3.31. The van der Waals surface area contributed by atoms with E-state index in [0.29, 0.717) is 5.69 Å². The Hall–Kier alpha value is -1.16. The first-order valence-corrected chi connectivity index (χ1v) is 4.20. The van der Waals surface area contributed by atoms with Crippen LogP contribution in [0.3, 0.4) is 0 Å². The molecule has 0 aromatic rings. The van der Waals surface area contributed by atoms with Crippen LogP contribution >= 0.6 is 15.9 Å². The first kappa shape index (κ1) is 7.49. The van der Waals surface area contributed by atoms with Crippen LogP contribution in [0.25, 0.3) is 11.4 Å². The molecule has 0 amide bonds. The standard InChI is InChI=1S/C8H5BrN2O/c9-5-1-3-6-7(4-2-5)11-8(12)10-6/h1-4H,(H,10,11,12). The molecule has 0 bridgehead atoms. The highest BCUT2D eigenvalue weighted by Gasteiger charge is 2.03. The Balaban J connectivity index is 2.78. The summed E-state index contributed by atoms with van der Waals surface area (Å²) in [5.74, 6) is 0. The highest BCUT2D eigenvalue weighted by Crippen LogP contribution is 2.16. The summed E-state index contributed by atoms with van der Waals surface area (Å²) in [6, 6.07) is 7.31. The Labute approximate surface area is 76.9 Å². The van der Waals surface area contributed by atoms with Crippen LogP contribution in [0.1, 0.15) is 0 Å². The van der Waals surface area contributed by atoms with Gasteiger partial charge in [0.1, 0.15) is 0 Å². The third kappa shape index (κ3) is 1.25. The van der Waals surface area contributed by atoms with Crippen molar-refractivity contribution < 1.29 is 0 Å². The Morgan fingerprint density at radius 2 is 2.00 bits per heavy atom. The van der Waals surface area contributed by atoms with E-state index in [0.717, 1.165) is 10.2 Å². The van der Waals surface area contributed by atoms with Gasteiger partial charge in [-0.3, -0.25) is 0 Å². The number of nitrogens with one attached hydrogen (secondary N) is 1. The lowest BCUT2D eigenvalue weighted by molar-refractivity contribution is 1.20. The minimum absolute atomic E-state index is 0.299. The molecule has 2 rings (SSSR count). The van der Waals surface area contributed by atoms with E-state index < -0.39 is 0 Å².